The fourth-order valence-corrected chi connectivity index (χ4v) is 8.18. The Labute approximate surface area is 298 Å². The van der Waals surface area contributed by atoms with Crippen LogP contribution in [-0.4, -0.2) is 19.9 Å². The molecule has 0 radical (unpaired) electrons. The molecule has 0 saturated heterocycles. The summed E-state index contributed by atoms with van der Waals surface area (Å²) in [5, 5.41) is 5.82. The summed E-state index contributed by atoms with van der Waals surface area (Å²) in [5.74, 6) is 1.36. The van der Waals surface area contributed by atoms with Gasteiger partial charge < -0.3 is 0 Å². The predicted octanol–water partition coefficient (Wildman–Crippen LogP) is 12.3. The first kappa shape index (κ1) is 29.4. The number of hydrogen-bond acceptors (Lipinski definition) is 5. The molecule has 0 unspecified atom stereocenters. The SMILES string of the molecule is c1ccc(-c2nc(-c3ccc(-c4nc(-c5cccc6ccccc56)cc(-c5cccc6ccccc56)n4)cc3)nc3c2sc2ccccc23)cc1. The van der Waals surface area contributed by atoms with Crippen LogP contribution >= 0.6 is 11.3 Å². The van der Waals surface area contributed by atoms with Crippen molar-refractivity contribution in [3.05, 3.63) is 170 Å². The molecule has 0 spiro atoms. The molecule has 7 aromatic carbocycles. The highest BCUT2D eigenvalue weighted by Crippen LogP contribution is 2.40. The van der Waals surface area contributed by atoms with Crippen molar-refractivity contribution < 1.29 is 0 Å². The molecule has 0 N–H and O–H groups in total. The molecule has 5 heteroatoms. The third kappa shape index (κ3) is 5.14. The molecule has 0 bridgehead atoms. The smallest absolute Gasteiger partial charge is 0.160 e. The van der Waals surface area contributed by atoms with E-state index in [0.29, 0.717) is 11.6 Å². The van der Waals surface area contributed by atoms with Crippen LogP contribution in [0.25, 0.3) is 98.4 Å². The molecule has 3 aromatic heterocycles. The van der Waals surface area contributed by atoms with Crippen LogP contribution in [0, 0.1) is 0 Å². The minimum absolute atomic E-state index is 0.667. The van der Waals surface area contributed by atoms with E-state index in [-0.39, 0.29) is 0 Å². The van der Waals surface area contributed by atoms with Crippen LogP contribution in [0.3, 0.4) is 0 Å². The summed E-state index contributed by atoms with van der Waals surface area (Å²) in [4.78, 5) is 20.8. The minimum Gasteiger partial charge on any atom is -0.228 e. The van der Waals surface area contributed by atoms with Crippen molar-refractivity contribution in [1.29, 1.82) is 0 Å². The molecule has 10 rings (SSSR count). The van der Waals surface area contributed by atoms with Crippen LogP contribution in [0.5, 0.6) is 0 Å². The van der Waals surface area contributed by atoms with Gasteiger partial charge in [-0.3, -0.25) is 0 Å². The van der Waals surface area contributed by atoms with Crippen LogP contribution < -0.4 is 0 Å². The van der Waals surface area contributed by atoms with Crippen molar-refractivity contribution in [2.24, 2.45) is 0 Å². The Hall–Kier alpha value is -6.56. The quantitative estimate of drug-likeness (QED) is 0.183. The Bertz CT molecular complexity index is 2810. The minimum atomic E-state index is 0.667. The van der Waals surface area contributed by atoms with Gasteiger partial charge in [0.05, 0.1) is 27.3 Å². The maximum atomic E-state index is 5.21. The summed E-state index contributed by atoms with van der Waals surface area (Å²) >= 11 is 1.75. The van der Waals surface area contributed by atoms with E-state index in [1.54, 1.807) is 11.3 Å². The summed E-state index contributed by atoms with van der Waals surface area (Å²) in [7, 11) is 0. The summed E-state index contributed by atoms with van der Waals surface area (Å²) in [5.41, 5.74) is 8.79. The van der Waals surface area contributed by atoms with E-state index in [0.717, 1.165) is 71.3 Å². The Balaban J connectivity index is 1.14. The van der Waals surface area contributed by atoms with Crippen molar-refractivity contribution in [3.8, 4) is 56.5 Å². The maximum Gasteiger partial charge on any atom is 0.160 e. The second kappa shape index (κ2) is 12.1. The summed E-state index contributed by atoms with van der Waals surface area (Å²) in [6.07, 6.45) is 0. The first-order chi connectivity index (χ1) is 25.3. The molecule has 0 amide bonds. The van der Waals surface area contributed by atoms with E-state index in [1.807, 2.05) is 6.07 Å². The van der Waals surface area contributed by atoms with E-state index in [1.165, 1.54) is 15.5 Å². The average Bonchev–Trinajstić information content (AvgIpc) is 3.59. The zero-order chi connectivity index (χ0) is 33.7. The van der Waals surface area contributed by atoms with Crippen LogP contribution in [0.4, 0.5) is 0 Å². The molecular formula is C46H28N4S. The third-order valence-corrected chi connectivity index (χ3v) is 10.7. The van der Waals surface area contributed by atoms with Gasteiger partial charge in [-0.25, -0.2) is 19.9 Å². The molecule has 3 heterocycles. The molecule has 238 valence electrons. The number of hydrogen-bond donors (Lipinski definition) is 0. The highest BCUT2D eigenvalue weighted by atomic mass is 32.1. The second-order valence-corrected chi connectivity index (χ2v) is 13.7. The first-order valence-electron chi connectivity index (χ1n) is 17.0. The lowest BCUT2D eigenvalue weighted by molar-refractivity contribution is 1.18. The Morgan fingerprint density at radius 2 is 0.882 bits per heavy atom. The van der Waals surface area contributed by atoms with Gasteiger partial charge in [-0.05, 0) is 33.7 Å². The lowest BCUT2D eigenvalue weighted by atomic mass is 9.98. The van der Waals surface area contributed by atoms with E-state index in [4.69, 9.17) is 19.9 Å². The predicted molar refractivity (Wildman–Crippen MR) is 213 cm³/mol. The normalized spacial score (nSPS) is 11.5. The van der Waals surface area contributed by atoms with E-state index in [2.05, 4.69) is 164 Å². The molecule has 4 nitrogen and oxygen atoms in total. The highest BCUT2D eigenvalue weighted by Gasteiger charge is 2.18. The standard InChI is InChI=1S/C46H28N4S/c1-2-14-31(15-3-1)42-44-43(38-20-8-9-23-41(38)51-44)50-46(49-42)33-26-24-32(25-27-33)45-47-39(36-21-10-16-29-12-4-6-18-34(29)36)28-40(48-45)37-22-11-17-30-13-5-7-19-35(30)37/h1-28H. The lowest BCUT2D eigenvalue weighted by Crippen LogP contribution is -1.97. The molecule has 0 aliphatic heterocycles. The molecule has 0 aliphatic carbocycles. The largest absolute Gasteiger partial charge is 0.228 e. The van der Waals surface area contributed by atoms with Gasteiger partial charge in [0.15, 0.2) is 11.6 Å². The molecule has 51 heavy (non-hydrogen) atoms. The fourth-order valence-electron chi connectivity index (χ4n) is 7.03. The summed E-state index contributed by atoms with van der Waals surface area (Å²) in [6, 6.07) is 59.1. The van der Waals surface area contributed by atoms with Crippen LogP contribution in [-0.2, 0) is 0 Å². The third-order valence-electron chi connectivity index (χ3n) is 9.53. The summed E-state index contributed by atoms with van der Waals surface area (Å²) < 4.78 is 2.30. The number of aromatic nitrogens is 4. The van der Waals surface area contributed by atoms with Gasteiger partial charge in [-0.15, -0.1) is 11.3 Å². The van der Waals surface area contributed by atoms with Crippen LogP contribution in [0.1, 0.15) is 0 Å². The Morgan fingerprint density at radius 1 is 0.373 bits per heavy atom. The molecular weight excluding hydrogens is 641 g/mol. The molecule has 0 saturated carbocycles. The molecule has 10 aromatic rings. The highest BCUT2D eigenvalue weighted by molar-refractivity contribution is 7.26. The Kier molecular flexibility index (Phi) is 6.96. The van der Waals surface area contributed by atoms with Crippen LogP contribution in [0.2, 0.25) is 0 Å². The van der Waals surface area contributed by atoms with Gasteiger partial charge in [0.2, 0.25) is 0 Å². The van der Waals surface area contributed by atoms with Gasteiger partial charge in [-0.1, -0.05) is 158 Å². The van der Waals surface area contributed by atoms with Gasteiger partial charge in [-0.2, -0.15) is 0 Å². The van der Waals surface area contributed by atoms with E-state index < -0.39 is 0 Å². The zero-order valence-corrected chi connectivity index (χ0v) is 28.2. The van der Waals surface area contributed by atoms with Crippen molar-refractivity contribution in [2.75, 3.05) is 0 Å². The number of fused-ring (bicyclic) bond motifs is 5. The molecule has 0 fully saturated rings. The molecule has 0 aliphatic rings. The van der Waals surface area contributed by atoms with Gasteiger partial charge in [0, 0.05) is 37.9 Å². The van der Waals surface area contributed by atoms with Gasteiger partial charge in [0.1, 0.15) is 0 Å². The zero-order valence-electron chi connectivity index (χ0n) is 27.4. The first-order valence-corrected chi connectivity index (χ1v) is 17.8. The summed E-state index contributed by atoms with van der Waals surface area (Å²) in [6.45, 7) is 0. The number of rotatable bonds is 5. The van der Waals surface area contributed by atoms with E-state index in [9.17, 15) is 0 Å². The van der Waals surface area contributed by atoms with Crippen LogP contribution in [0.15, 0.2) is 170 Å². The fraction of sp³-hybridized carbons (Fsp3) is 0. The number of thiophene rings is 1. The van der Waals surface area contributed by atoms with Crippen molar-refractivity contribution in [3.63, 3.8) is 0 Å². The van der Waals surface area contributed by atoms with Crippen molar-refractivity contribution in [2.45, 2.75) is 0 Å². The topological polar surface area (TPSA) is 51.6 Å². The lowest BCUT2D eigenvalue weighted by Gasteiger charge is -2.13. The number of benzene rings is 7. The number of nitrogens with zero attached hydrogens (tertiary/aromatic N) is 4. The van der Waals surface area contributed by atoms with Gasteiger partial charge in [0.25, 0.3) is 0 Å². The average molecular weight is 669 g/mol. The second-order valence-electron chi connectivity index (χ2n) is 12.6. The van der Waals surface area contributed by atoms with E-state index >= 15 is 0 Å². The monoisotopic (exact) mass is 668 g/mol. The van der Waals surface area contributed by atoms with Crippen molar-refractivity contribution >= 4 is 53.2 Å². The molecule has 0 atom stereocenters. The van der Waals surface area contributed by atoms with Gasteiger partial charge >= 0.3 is 0 Å². The maximum absolute atomic E-state index is 5.21. The Morgan fingerprint density at radius 3 is 1.51 bits per heavy atom. The van der Waals surface area contributed by atoms with Crippen molar-refractivity contribution in [1.82, 2.24) is 19.9 Å².